The van der Waals surface area contributed by atoms with Crippen molar-refractivity contribution >= 4 is 29.4 Å². The van der Waals surface area contributed by atoms with Gasteiger partial charge in [-0.25, -0.2) is 9.37 Å². The van der Waals surface area contributed by atoms with E-state index in [9.17, 15) is 14.0 Å². The van der Waals surface area contributed by atoms with Crippen LogP contribution in [0.1, 0.15) is 17.3 Å². The van der Waals surface area contributed by atoms with E-state index in [2.05, 4.69) is 10.3 Å². The van der Waals surface area contributed by atoms with Crippen molar-refractivity contribution in [3.05, 3.63) is 95.4 Å². The summed E-state index contributed by atoms with van der Waals surface area (Å²) in [6, 6.07) is 19.8. The lowest BCUT2D eigenvalue weighted by Crippen LogP contribution is -2.38. The van der Waals surface area contributed by atoms with Crippen LogP contribution in [0.5, 0.6) is 5.75 Å². The first-order valence-electron chi connectivity index (χ1n) is 11.2. The highest BCUT2D eigenvalue weighted by Crippen LogP contribution is 2.26. The Bertz CT molecular complexity index is 1370. The molecule has 2 amide bonds. The molecule has 0 atom stereocenters. The van der Waals surface area contributed by atoms with E-state index in [1.165, 1.54) is 17.0 Å². The fourth-order valence-corrected chi connectivity index (χ4v) is 3.85. The maximum absolute atomic E-state index is 13.5. The molecule has 0 aliphatic heterocycles. The zero-order chi connectivity index (χ0) is 25.7. The number of hydrogen-bond donors (Lipinski definition) is 1. The Labute approximate surface area is 213 Å². The lowest BCUT2D eigenvalue weighted by atomic mass is 10.1. The van der Waals surface area contributed by atoms with E-state index in [0.29, 0.717) is 34.3 Å². The Kier molecular flexibility index (Phi) is 7.65. The lowest BCUT2D eigenvalue weighted by molar-refractivity contribution is -0.116. The van der Waals surface area contributed by atoms with Crippen molar-refractivity contribution in [2.75, 3.05) is 25.5 Å². The maximum Gasteiger partial charge on any atom is 0.255 e. The number of ether oxygens (including phenoxy) is 1. The average molecular weight is 507 g/mol. The number of hydrogen-bond acceptors (Lipinski definition) is 4. The van der Waals surface area contributed by atoms with E-state index in [1.807, 2.05) is 24.3 Å². The van der Waals surface area contributed by atoms with Gasteiger partial charge in [0.2, 0.25) is 11.9 Å². The monoisotopic (exact) mass is 506 g/mol. The van der Waals surface area contributed by atoms with Crippen LogP contribution >= 0.6 is 11.6 Å². The summed E-state index contributed by atoms with van der Waals surface area (Å²) in [4.78, 5) is 31.9. The first kappa shape index (κ1) is 24.9. The number of nitrogens with zero attached hydrogens (tertiary/aromatic N) is 3. The van der Waals surface area contributed by atoms with E-state index in [-0.39, 0.29) is 24.2 Å². The van der Waals surface area contributed by atoms with Gasteiger partial charge in [-0.05, 0) is 67.6 Å². The zero-order valence-electron chi connectivity index (χ0n) is 19.7. The van der Waals surface area contributed by atoms with Gasteiger partial charge in [0, 0.05) is 24.0 Å². The highest BCUT2D eigenvalue weighted by atomic mass is 35.5. The molecule has 184 valence electrons. The number of nitrogens with one attached hydrogen (secondary N) is 1. The van der Waals surface area contributed by atoms with Gasteiger partial charge in [-0.15, -0.1) is 0 Å². The Hall–Kier alpha value is -4.17. The number of rotatable bonds is 8. The number of halogens is 2. The van der Waals surface area contributed by atoms with Crippen LogP contribution in [0.15, 0.2) is 79.0 Å². The minimum Gasteiger partial charge on any atom is -0.497 e. The van der Waals surface area contributed by atoms with Crippen LogP contribution in [0, 0.1) is 5.82 Å². The second-order valence-corrected chi connectivity index (χ2v) is 8.28. The van der Waals surface area contributed by atoms with Crippen LogP contribution in [0.2, 0.25) is 5.02 Å². The molecule has 0 bridgehead atoms. The largest absolute Gasteiger partial charge is 0.497 e. The first-order chi connectivity index (χ1) is 17.4. The van der Waals surface area contributed by atoms with Crippen LogP contribution < -0.4 is 10.1 Å². The highest BCUT2D eigenvalue weighted by Gasteiger charge is 2.21. The summed E-state index contributed by atoms with van der Waals surface area (Å²) in [6.07, 6.45) is 1.75. The van der Waals surface area contributed by atoms with Crippen molar-refractivity contribution in [3.8, 4) is 22.7 Å². The normalized spacial score (nSPS) is 10.7. The van der Waals surface area contributed by atoms with Gasteiger partial charge in [0.15, 0.2) is 0 Å². The van der Waals surface area contributed by atoms with Crippen LogP contribution in [0.25, 0.3) is 16.9 Å². The standard InChI is InChI=1S/C27H24ClFN4O3/c1-3-32(26(35)22-6-4-5-7-23(22)28)17-25(34)31-27-30-24(18-8-14-21(36-2)15-9-18)16-33(27)20-12-10-19(29)11-13-20/h4-16H,3,17H2,1-2H3,(H,30,31,34). The van der Waals surface area contributed by atoms with E-state index in [4.69, 9.17) is 16.3 Å². The number of methoxy groups -OCH3 is 1. The molecule has 1 N–H and O–H groups in total. The van der Waals surface area contributed by atoms with E-state index in [1.54, 1.807) is 61.2 Å². The molecule has 36 heavy (non-hydrogen) atoms. The molecule has 0 radical (unpaired) electrons. The fraction of sp³-hybridized carbons (Fsp3) is 0.148. The molecule has 0 spiro atoms. The van der Waals surface area contributed by atoms with Crippen LogP contribution in [0.3, 0.4) is 0 Å². The molecule has 0 aliphatic carbocycles. The molecule has 0 saturated carbocycles. The number of carbonyl (C=O) groups excluding carboxylic acids is 2. The minimum absolute atomic E-state index is 0.200. The summed E-state index contributed by atoms with van der Waals surface area (Å²) in [5, 5.41) is 3.11. The molecule has 1 heterocycles. The zero-order valence-corrected chi connectivity index (χ0v) is 20.5. The van der Waals surface area contributed by atoms with Gasteiger partial charge < -0.3 is 9.64 Å². The van der Waals surface area contributed by atoms with E-state index in [0.717, 1.165) is 5.56 Å². The Morgan fingerprint density at radius 1 is 1.06 bits per heavy atom. The summed E-state index contributed by atoms with van der Waals surface area (Å²) < 4.78 is 20.4. The van der Waals surface area contributed by atoms with E-state index < -0.39 is 5.91 Å². The quantitative estimate of drug-likeness (QED) is 0.345. The van der Waals surface area contributed by atoms with Crippen LogP contribution in [-0.2, 0) is 4.79 Å². The van der Waals surface area contributed by atoms with Crippen molar-refractivity contribution in [2.24, 2.45) is 0 Å². The molecule has 0 aliphatic rings. The molecule has 4 aromatic rings. The number of likely N-dealkylation sites (N-methyl/N-ethyl adjacent to an activating group) is 1. The van der Waals surface area contributed by atoms with Crippen molar-refractivity contribution in [1.82, 2.24) is 14.5 Å². The van der Waals surface area contributed by atoms with Crippen molar-refractivity contribution in [2.45, 2.75) is 6.92 Å². The van der Waals surface area contributed by atoms with Gasteiger partial charge in [-0.1, -0.05) is 23.7 Å². The topological polar surface area (TPSA) is 76.5 Å². The smallest absolute Gasteiger partial charge is 0.255 e. The Morgan fingerprint density at radius 2 is 1.75 bits per heavy atom. The number of benzene rings is 3. The Balaban J connectivity index is 1.61. The molecular weight excluding hydrogens is 483 g/mol. The number of anilines is 1. The number of carbonyl (C=O) groups is 2. The summed E-state index contributed by atoms with van der Waals surface area (Å²) in [5.74, 6) is -0.227. The van der Waals surface area contributed by atoms with Crippen molar-refractivity contribution in [3.63, 3.8) is 0 Å². The third-order valence-electron chi connectivity index (χ3n) is 5.56. The predicted octanol–water partition coefficient (Wildman–Crippen LogP) is 5.44. The molecule has 4 rings (SSSR count). The van der Waals surface area contributed by atoms with Gasteiger partial charge in [-0.2, -0.15) is 0 Å². The molecular formula is C27H24ClFN4O3. The fourth-order valence-electron chi connectivity index (χ4n) is 3.64. The number of imidazole rings is 1. The van der Waals surface area contributed by atoms with Crippen molar-refractivity contribution < 1.29 is 18.7 Å². The summed E-state index contributed by atoms with van der Waals surface area (Å²) >= 11 is 6.17. The second kappa shape index (κ2) is 11.0. The summed E-state index contributed by atoms with van der Waals surface area (Å²) in [6.45, 7) is 1.89. The number of aromatic nitrogens is 2. The van der Waals surface area contributed by atoms with Gasteiger partial charge in [-0.3, -0.25) is 19.5 Å². The maximum atomic E-state index is 13.5. The van der Waals surface area contributed by atoms with Crippen LogP contribution in [-0.4, -0.2) is 46.5 Å². The molecule has 1 aromatic heterocycles. The SMILES string of the molecule is CCN(CC(=O)Nc1nc(-c2ccc(OC)cc2)cn1-c1ccc(F)cc1)C(=O)c1ccccc1Cl. The first-order valence-corrected chi connectivity index (χ1v) is 11.6. The highest BCUT2D eigenvalue weighted by molar-refractivity contribution is 6.33. The van der Waals surface area contributed by atoms with Gasteiger partial charge in [0.1, 0.15) is 18.1 Å². The summed E-state index contributed by atoms with van der Waals surface area (Å²) in [7, 11) is 1.59. The lowest BCUT2D eigenvalue weighted by Gasteiger charge is -2.21. The average Bonchev–Trinajstić information content (AvgIpc) is 3.31. The minimum atomic E-state index is -0.438. The van der Waals surface area contributed by atoms with Gasteiger partial charge in [0.25, 0.3) is 5.91 Å². The second-order valence-electron chi connectivity index (χ2n) is 7.87. The van der Waals surface area contributed by atoms with Gasteiger partial charge >= 0.3 is 0 Å². The molecule has 3 aromatic carbocycles. The Morgan fingerprint density at radius 3 is 2.39 bits per heavy atom. The molecule has 0 saturated heterocycles. The molecule has 7 nitrogen and oxygen atoms in total. The number of amides is 2. The molecule has 9 heteroatoms. The molecule has 0 unspecified atom stereocenters. The summed E-state index contributed by atoms with van der Waals surface area (Å²) in [5.41, 5.74) is 2.33. The third-order valence-corrected chi connectivity index (χ3v) is 5.88. The van der Waals surface area contributed by atoms with Crippen molar-refractivity contribution in [1.29, 1.82) is 0 Å². The third kappa shape index (κ3) is 5.55. The van der Waals surface area contributed by atoms with Crippen LogP contribution in [0.4, 0.5) is 10.3 Å². The molecule has 0 fully saturated rings. The predicted molar refractivity (Wildman–Crippen MR) is 137 cm³/mol. The van der Waals surface area contributed by atoms with Gasteiger partial charge in [0.05, 0.1) is 23.4 Å². The van der Waals surface area contributed by atoms with E-state index >= 15 is 0 Å².